The minimum absolute atomic E-state index is 0.0856. The fourth-order valence-corrected chi connectivity index (χ4v) is 6.15. The molecule has 0 aliphatic heterocycles. The number of carbonyl (C=O) groups excluding carboxylic acids is 2. The summed E-state index contributed by atoms with van der Waals surface area (Å²) in [7, 11) is -2.54. The molecule has 0 aliphatic carbocycles. The van der Waals surface area contributed by atoms with Crippen LogP contribution in [-0.4, -0.2) is 51.4 Å². The molecule has 220 valence electrons. The number of hydrogen-bond acceptors (Lipinski definition) is 5. The summed E-state index contributed by atoms with van der Waals surface area (Å²) in [6, 6.07) is 21.8. The van der Waals surface area contributed by atoms with E-state index in [1.165, 1.54) is 21.3 Å². The molecule has 41 heavy (non-hydrogen) atoms. The highest BCUT2D eigenvalue weighted by molar-refractivity contribution is 7.92. The van der Waals surface area contributed by atoms with Gasteiger partial charge in [-0.05, 0) is 60.7 Å². The highest BCUT2D eigenvalue weighted by Crippen LogP contribution is 2.28. The standard InChI is InChI=1S/C32H41N3O5S/c1-5-8-21-33-32(37)29(7-3)34(23-25-15-14-17-27(22-25)40-4)31(36)24-35(30-20-13-12-16-26(30)6-2)41(38,39)28-18-10-9-11-19-28/h9-20,22,29H,5-8,21,23-24H2,1-4H3,(H,33,37)/t29-/m1/s1. The Balaban J connectivity index is 2.07. The lowest BCUT2D eigenvalue weighted by Crippen LogP contribution is -2.52. The van der Waals surface area contributed by atoms with E-state index >= 15 is 0 Å². The number of benzene rings is 3. The highest BCUT2D eigenvalue weighted by Gasteiger charge is 2.34. The normalized spacial score (nSPS) is 11.9. The number of anilines is 1. The third-order valence-electron chi connectivity index (χ3n) is 6.95. The quantitative estimate of drug-likeness (QED) is 0.251. The lowest BCUT2D eigenvalue weighted by molar-refractivity contribution is -0.140. The van der Waals surface area contributed by atoms with Gasteiger partial charge in [-0.1, -0.05) is 75.7 Å². The fraction of sp³-hybridized carbons (Fsp3) is 0.375. The van der Waals surface area contributed by atoms with Crippen molar-refractivity contribution in [2.24, 2.45) is 0 Å². The molecule has 0 bridgehead atoms. The second kappa shape index (κ2) is 15.2. The van der Waals surface area contributed by atoms with Gasteiger partial charge >= 0.3 is 0 Å². The SMILES string of the molecule is CCCCNC(=O)[C@@H](CC)N(Cc1cccc(OC)c1)C(=O)CN(c1ccccc1CC)S(=O)(=O)c1ccccc1. The summed E-state index contributed by atoms with van der Waals surface area (Å²) in [5, 5.41) is 2.95. The van der Waals surface area contributed by atoms with Gasteiger partial charge in [-0.2, -0.15) is 0 Å². The first-order chi connectivity index (χ1) is 19.8. The first-order valence-electron chi connectivity index (χ1n) is 14.1. The topological polar surface area (TPSA) is 96.0 Å². The van der Waals surface area contributed by atoms with E-state index in [2.05, 4.69) is 5.32 Å². The zero-order chi connectivity index (χ0) is 29.8. The van der Waals surface area contributed by atoms with Crippen LogP contribution in [0, 0.1) is 0 Å². The number of rotatable bonds is 15. The molecule has 9 heteroatoms. The Morgan fingerprint density at radius 2 is 1.63 bits per heavy atom. The number of nitrogens with one attached hydrogen (secondary N) is 1. The van der Waals surface area contributed by atoms with E-state index in [-0.39, 0.29) is 17.3 Å². The number of methoxy groups -OCH3 is 1. The second-order valence-corrected chi connectivity index (χ2v) is 11.6. The summed E-state index contributed by atoms with van der Waals surface area (Å²) in [4.78, 5) is 29.1. The van der Waals surface area contributed by atoms with E-state index in [4.69, 9.17) is 4.74 Å². The number of para-hydroxylation sites is 1. The van der Waals surface area contributed by atoms with E-state index in [1.54, 1.807) is 43.5 Å². The first kappa shape index (κ1) is 31.7. The van der Waals surface area contributed by atoms with Crippen LogP contribution in [-0.2, 0) is 32.6 Å². The van der Waals surface area contributed by atoms with Crippen LogP contribution in [0.2, 0.25) is 0 Å². The van der Waals surface area contributed by atoms with Crippen LogP contribution in [0.1, 0.15) is 51.2 Å². The Morgan fingerprint density at radius 1 is 0.927 bits per heavy atom. The van der Waals surface area contributed by atoms with Crippen molar-refractivity contribution in [1.29, 1.82) is 0 Å². The number of unbranched alkanes of at least 4 members (excludes halogenated alkanes) is 1. The summed E-state index contributed by atoms with van der Waals surface area (Å²) < 4.78 is 34.6. The second-order valence-electron chi connectivity index (χ2n) is 9.75. The van der Waals surface area contributed by atoms with Gasteiger partial charge in [0.1, 0.15) is 18.3 Å². The van der Waals surface area contributed by atoms with Crippen molar-refractivity contribution in [3.8, 4) is 5.75 Å². The molecule has 0 heterocycles. The molecule has 3 aromatic carbocycles. The molecule has 0 aromatic heterocycles. The Bertz CT molecular complexity index is 1400. The number of nitrogens with zero attached hydrogens (tertiary/aromatic N) is 2. The molecular formula is C32H41N3O5S. The monoisotopic (exact) mass is 579 g/mol. The molecule has 1 N–H and O–H groups in total. The van der Waals surface area contributed by atoms with Crippen molar-refractivity contribution >= 4 is 27.5 Å². The number of ether oxygens (including phenoxy) is 1. The zero-order valence-electron chi connectivity index (χ0n) is 24.4. The van der Waals surface area contributed by atoms with Gasteiger partial charge in [-0.25, -0.2) is 8.42 Å². The molecule has 0 saturated carbocycles. The lowest BCUT2D eigenvalue weighted by atomic mass is 10.1. The third kappa shape index (κ3) is 8.10. The lowest BCUT2D eigenvalue weighted by Gasteiger charge is -2.33. The van der Waals surface area contributed by atoms with Crippen molar-refractivity contribution in [3.63, 3.8) is 0 Å². The van der Waals surface area contributed by atoms with Gasteiger partial charge < -0.3 is 15.0 Å². The molecule has 0 fully saturated rings. The average molecular weight is 580 g/mol. The van der Waals surface area contributed by atoms with E-state index in [0.29, 0.717) is 30.8 Å². The minimum Gasteiger partial charge on any atom is -0.497 e. The predicted octanol–water partition coefficient (Wildman–Crippen LogP) is 5.18. The number of amides is 2. The van der Waals surface area contributed by atoms with Gasteiger partial charge in [-0.3, -0.25) is 13.9 Å². The summed E-state index contributed by atoms with van der Waals surface area (Å²) in [6.07, 6.45) is 2.69. The number of hydrogen-bond donors (Lipinski definition) is 1. The molecule has 3 aromatic rings. The largest absolute Gasteiger partial charge is 0.497 e. The van der Waals surface area contributed by atoms with Crippen molar-refractivity contribution in [3.05, 3.63) is 90.0 Å². The average Bonchev–Trinajstić information content (AvgIpc) is 3.00. The minimum atomic E-state index is -4.10. The van der Waals surface area contributed by atoms with Gasteiger partial charge in [-0.15, -0.1) is 0 Å². The Morgan fingerprint density at radius 3 is 2.29 bits per heavy atom. The van der Waals surface area contributed by atoms with Crippen LogP contribution in [0.15, 0.2) is 83.8 Å². The predicted molar refractivity (Wildman–Crippen MR) is 162 cm³/mol. The summed E-state index contributed by atoms with van der Waals surface area (Å²) in [5.41, 5.74) is 2.00. The van der Waals surface area contributed by atoms with Crippen molar-refractivity contribution in [2.75, 3.05) is 24.5 Å². The number of aryl methyl sites for hydroxylation is 1. The zero-order valence-corrected chi connectivity index (χ0v) is 25.2. The molecule has 0 radical (unpaired) electrons. The first-order valence-corrected chi connectivity index (χ1v) is 15.6. The van der Waals surface area contributed by atoms with Crippen LogP contribution in [0.5, 0.6) is 5.75 Å². The Hall–Kier alpha value is -3.85. The molecular weight excluding hydrogens is 538 g/mol. The van der Waals surface area contributed by atoms with Crippen LogP contribution < -0.4 is 14.4 Å². The van der Waals surface area contributed by atoms with E-state index < -0.39 is 28.5 Å². The molecule has 2 amide bonds. The summed E-state index contributed by atoms with van der Waals surface area (Å²) >= 11 is 0. The van der Waals surface area contributed by atoms with Gasteiger partial charge in [0.15, 0.2) is 0 Å². The van der Waals surface area contributed by atoms with Gasteiger partial charge in [0.25, 0.3) is 10.0 Å². The fourth-order valence-electron chi connectivity index (χ4n) is 4.68. The highest BCUT2D eigenvalue weighted by atomic mass is 32.2. The molecule has 0 spiro atoms. The van der Waals surface area contributed by atoms with Crippen LogP contribution in [0.3, 0.4) is 0 Å². The van der Waals surface area contributed by atoms with Crippen LogP contribution in [0.25, 0.3) is 0 Å². The number of sulfonamides is 1. The molecule has 8 nitrogen and oxygen atoms in total. The third-order valence-corrected chi connectivity index (χ3v) is 8.73. The Labute approximate surface area is 244 Å². The van der Waals surface area contributed by atoms with Crippen molar-refractivity contribution < 1.29 is 22.7 Å². The maximum absolute atomic E-state index is 14.2. The molecule has 1 atom stereocenters. The molecule has 0 unspecified atom stereocenters. The van der Waals surface area contributed by atoms with Crippen molar-refractivity contribution in [1.82, 2.24) is 10.2 Å². The Kier molecular flexibility index (Phi) is 11.8. The van der Waals surface area contributed by atoms with E-state index in [1.807, 2.05) is 51.1 Å². The molecule has 3 rings (SSSR count). The molecule has 0 aliphatic rings. The van der Waals surface area contributed by atoms with Gasteiger partial charge in [0.05, 0.1) is 17.7 Å². The van der Waals surface area contributed by atoms with Gasteiger partial charge in [0, 0.05) is 13.1 Å². The summed E-state index contributed by atoms with van der Waals surface area (Å²) in [6.45, 7) is 5.99. The van der Waals surface area contributed by atoms with Crippen LogP contribution >= 0.6 is 0 Å². The summed E-state index contributed by atoms with van der Waals surface area (Å²) in [5.74, 6) is -0.111. The maximum atomic E-state index is 14.2. The van der Waals surface area contributed by atoms with Crippen LogP contribution in [0.4, 0.5) is 5.69 Å². The smallest absolute Gasteiger partial charge is 0.264 e. The van der Waals surface area contributed by atoms with Crippen molar-refractivity contribution in [2.45, 2.75) is 63.9 Å². The molecule has 0 saturated heterocycles. The maximum Gasteiger partial charge on any atom is 0.264 e. The number of carbonyl (C=O) groups is 2. The van der Waals surface area contributed by atoms with Gasteiger partial charge in [0.2, 0.25) is 11.8 Å². The van der Waals surface area contributed by atoms with E-state index in [9.17, 15) is 18.0 Å². The van der Waals surface area contributed by atoms with E-state index in [0.717, 1.165) is 24.0 Å².